The van der Waals surface area contributed by atoms with Crippen LogP contribution in [0, 0.1) is 0 Å². The van der Waals surface area contributed by atoms with E-state index in [1.165, 1.54) is 0 Å². The first-order valence-corrected chi connectivity index (χ1v) is 10.2. The fourth-order valence-corrected chi connectivity index (χ4v) is 4.07. The molecule has 0 saturated carbocycles. The third kappa shape index (κ3) is 4.83. The Morgan fingerprint density at radius 3 is 2.74 bits per heavy atom. The van der Waals surface area contributed by atoms with Crippen LogP contribution in [0.5, 0.6) is 5.75 Å². The number of hydrogen-bond acceptors (Lipinski definition) is 5. The quantitative estimate of drug-likeness (QED) is 0.385. The normalized spacial score (nSPS) is 14.8. The minimum atomic E-state index is 0. The summed E-state index contributed by atoms with van der Waals surface area (Å²) < 4.78 is 6.40. The third-order valence-corrected chi connectivity index (χ3v) is 5.79. The van der Waals surface area contributed by atoms with Gasteiger partial charge in [-0.05, 0) is 50.2 Å². The number of nitrogens with one attached hydrogen (secondary N) is 2. The van der Waals surface area contributed by atoms with Gasteiger partial charge in [0.05, 0.1) is 15.9 Å². The van der Waals surface area contributed by atoms with Gasteiger partial charge in [0.25, 0.3) is 0 Å². The summed E-state index contributed by atoms with van der Waals surface area (Å²) in [7, 11) is 2.15. The molecule has 4 aromatic rings. The van der Waals surface area contributed by atoms with E-state index in [9.17, 15) is 0 Å². The number of halogens is 3. The molecular weight excluding hydrogens is 457 g/mol. The highest BCUT2D eigenvalue weighted by Gasteiger charge is 2.20. The van der Waals surface area contributed by atoms with Crippen LogP contribution in [0.3, 0.4) is 0 Å². The molecule has 9 heteroatoms. The second-order valence-electron chi connectivity index (χ2n) is 7.52. The zero-order chi connectivity index (χ0) is 19.8. The second kappa shape index (κ2) is 9.92. The Labute approximate surface area is 198 Å². The SMILES string of the molecule is CN1CCC(Oc2cccc3ncnc(Nc4ccc5[nH]cc(Cl)c5c4)c23)CC1.Cl.Cl. The third-order valence-electron chi connectivity index (χ3n) is 5.48. The van der Waals surface area contributed by atoms with Crippen LogP contribution in [0.4, 0.5) is 11.5 Å². The van der Waals surface area contributed by atoms with Crippen molar-refractivity contribution in [3.8, 4) is 5.75 Å². The lowest BCUT2D eigenvalue weighted by atomic mass is 10.1. The summed E-state index contributed by atoms with van der Waals surface area (Å²) in [6, 6.07) is 12.0. The number of likely N-dealkylation sites (tertiary alicyclic amines) is 1. The average Bonchev–Trinajstić information content (AvgIpc) is 3.10. The Kier molecular flexibility index (Phi) is 7.49. The van der Waals surface area contributed by atoms with Gasteiger partial charge in [-0.15, -0.1) is 24.8 Å². The zero-order valence-corrected chi connectivity index (χ0v) is 19.4. The lowest BCUT2D eigenvalue weighted by molar-refractivity contribution is 0.116. The molecule has 0 unspecified atom stereocenters. The van der Waals surface area contributed by atoms with Crippen LogP contribution >= 0.6 is 36.4 Å². The van der Waals surface area contributed by atoms with Gasteiger partial charge in [-0.2, -0.15) is 0 Å². The Hall–Kier alpha value is -2.25. The summed E-state index contributed by atoms with van der Waals surface area (Å²) in [4.78, 5) is 14.4. The van der Waals surface area contributed by atoms with Crippen LogP contribution in [0.1, 0.15) is 12.8 Å². The van der Waals surface area contributed by atoms with Crippen molar-refractivity contribution in [2.24, 2.45) is 0 Å². The molecule has 31 heavy (non-hydrogen) atoms. The van der Waals surface area contributed by atoms with E-state index in [2.05, 4.69) is 32.2 Å². The molecule has 0 bridgehead atoms. The highest BCUT2D eigenvalue weighted by Crippen LogP contribution is 2.34. The van der Waals surface area contributed by atoms with Crippen molar-refractivity contribution in [2.45, 2.75) is 18.9 Å². The molecule has 2 N–H and O–H groups in total. The Balaban J connectivity index is 0.00000136. The zero-order valence-electron chi connectivity index (χ0n) is 17.0. The molecule has 5 rings (SSSR count). The molecule has 0 atom stereocenters. The smallest absolute Gasteiger partial charge is 0.145 e. The summed E-state index contributed by atoms with van der Waals surface area (Å²) >= 11 is 6.28. The van der Waals surface area contributed by atoms with Crippen molar-refractivity contribution in [3.63, 3.8) is 0 Å². The Morgan fingerprint density at radius 1 is 1.13 bits per heavy atom. The first-order chi connectivity index (χ1) is 14.2. The van der Waals surface area contributed by atoms with Crippen molar-refractivity contribution in [1.29, 1.82) is 0 Å². The minimum Gasteiger partial charge on any atom is -0.489 e. The standard InChI is InChI=1S/C22H22ClN5O.2ClH/c1-28-9-7-15(8-10-28)29-20-4-2-3-19-21(20)22(26-13-25-19)27-14-5-6-18-16(11-14)17(23)12-24-18;;/h2-6,11-13,15,24H,7-10H2,1H3,(H,25,26,27);2*1H. The first kappa shape index (κ1) is 23.4. The number of rotatable bonds is 4. The summed E-state index contributed by atoms with van der Waals surface area (Å²) in [6.45, 7) is 2.10. The van der Waals surface area contributed by atoms with Gasteiger partial charge >= 0.3 is 0 Å². The predicted molar refractivity (Wildman–Crippen MR) is 132 cm³/mol. The maximum absolute atomic E-state index is 6.40. The lowest BCUT2D eigenvalue weighted by Crippen LogP contribution is -2.35. The van der Waals surface area contributed by atoms with E-state index < -0.39 is 0 Å². The van der Waals surface area contributed by atoms with Gasteiger partial charge in [0.1, 0.15) is 24.0 Å². The summed E-state index contributed by atoms with van der Waals surface area (Å²) in [5, 5.41) is 5.99. The Morgan fingerprint density at radius 2 is 1.94 bits per heavy atom. The fourth-order valence-electron chi connectivity index (χ4n) is 3.85. The number of aromatic amines is 1. The molecule has 0 aliphatic carbocycles. The van der Waals surface area contributed by atoms with E-state index in [0.29, 0.717) is 5.02 Å². The fraction of sp³-hybridized carbons (Fsp3) is 0.273. The number of fused-ring (bicyclic) bond motifs is 2. The van der Waals surface area contributed by atoms with E-state index in [1.807, 2.05) is 36.4 Å². The molecule has 2 aromatic carbocycles. The molecule has 1 saturated heterocycles. The second-order valence-corrected chi connectivity index (χ2v) is 7.92. The van der Waals surface area contributed by atoms with Crippen LogP contribution in [0.25, 0.3) is 21.8 Å². The number of hydrogen-bond donors (Lipinski definition) is 2. The average molecular weight is 481 g/mol. The maximum atomic E-state index is 6.40. The molecular formula is C22H24Cl3N5O. The summed E-state index contributed by atoms with van der Waals surface area (Å²) in [5.74, 6) is 1.55. The molecule has 6 nitrogen and oxygen atoms in total. The molecule has 0 radical (unpaired) electrons. The van der Waals surface area contributed by atoms with Gasteiger partial charge in [-0.3, -0.25) is 0 Å². The van der Waals surface area contributed by atoms with E-state index in [1.54, 1.807) is 12.5 Å². The number of aromatic nitrogens is 3. The van der Waals surface area contributed by atoms with Crippen molar-refractivity contribution in [2.75, 3.05) is 25.5 Å². The first-order valence-electron chi connectivity index (χ1n) is 9.80. The maximum Gasteiger partial charge on any atom is 0.145 e. The molecule has 1 fully saturated rings. The van der Waals surface area contributed by atoms with Gasteiger partial charge in [-0.25, -0.2) is 9.97 Å². The minimum absolute atomic E-state index is 0. The number of anilines is 2. The molecule has 1 aliphatic rings. The van der Waals surface area contributed by atoms with E-state index in [-0.39, 0.29) is 30.9 Å². The highest BCUT2D eigenvalue weighted by atomic mass is 35.5. The Bertz CT molecular complexity index is 1170. The van der Waals surface area contributed by atoms with E-state index in [0.717, 1.165) is 65.0 Å². The van der Waals surface area contributed by atoms with Gasteiger partial charge in [0.2, 0.25) is 0 Å². The van der Waals surface area contributed by atoms with Crippen molar-refractivity contribution >= 4 is 69.7 Å². The predicted octanol–water partition coefficient (Wildman–Crippen LogP) is 5.82. The topological polar surface area (TPSA) is 66.1 Å². The van der Waals surface area contributed by atoms with Crippen molar-refractivity contribution < 1.29 is 4.74 Å². The summed E-state index contributed by atoms with van der Waals surface area (Å²) in [6.07, 6.45) is 5.62. The van der Waals surface area contributed by atoms with Gasteiger partial charge in [0, 0.05) is 35.9 Å². The number of nitrogens with zero attached hydrogens (tertiary/aromatic N) is 3. The van der Waals surface area contributed by atoms with Gasteiger partial charge in [0.15, 0.2) is 0 Å². The van der Waals surface area contributed by atoms with Crippen molar-refractivity contribution in [1.82, 2.24) is 19.9 Å². The van der Waals surface area contributed by atoms with Crippen LogP contribution in [-0.2, 0) is 0 Å². The number of H-pyrrole nitrogens is 1. The molecule has 2 aromatic heterocycles. The van der Waals surface area contributed by atoms with Gasteiger partial charge < -0.3 is 19.9 Å². The van der Waals surface area contributed by atoms with Crippen LogP contribution in [0.2, 0.25) is 5.02 Å². The van der Waals surface area contributed by atoms with Crippen LogP contribution in [-0.4, -0.2) is 46.1 Å². The number of ether oxygens (including phenoxy) is 1. The summed E-state index contributed by atoms with van der Waals surface area (Å²) in [5.41, 5.74) is 2.76. The van der Waals surface area contributed by atoms with Crippen LogP contribution < -0.4 is 10.1 Å². The molecule has 164 valence electrons. The monoisotopic (exact) mass is 479 g/mol. The molecule has 0 amide bonds. The van der Waals surface area contributed by atoms with Crippen LogP contribution in [0.15, 0.2) is 48.9 Å². The molecule has 0 spiro atoms. The number of piperidine rings is 1. The largest absolute Gasteiger partial charge is 0.489 e. The molecule has 1 aliphatic heterocycles. The van der Waals surface area contributed by atoms with E-state index >= 15 is 0 Å². The molecule has 3 heterocycles. The number of benzene rings is 2. The van der Waals surface area contributed by atoms with Crippen molar-refractivity contribution in [3.05, 3.63) is 53.9 Å². The highest BCUT2D eigenvalue weighted by molar-refractivity contribution is 6.35. The van der Waals surface area contributed by atoms with Gasteiger partial charge in [-0.1, -0.05) is 17.7 Å². The lowest BCUT2D eigenvalue weighted by Gasteiger charge is -2.29. The van der Waals surface area contributed by atoms with E-state index in [4.69, 9.17) is 16.3 Å².